The van der Waals surface area contributed by atoms with Crippen molar-refractivity contribution in [1.29, 1.82) is 0 Å². The Kier molecular flexibility index (Phi) is 4.30. The number of nitrogens with zero attached hydrogens (tertiary/aromatic N) is 2. The van der Waals surface area contributed by atoms with Gasteiger partial charge in [-0.2, -0.15) is 0 Å². The summed E-state index contributed by atoms with van der Waals surface area (Å²) in [6.45, 7) is 4.52. The number of carbonyl (C=O) groups is 1. The highest BCUT2D eigenvalue weighted by molar-refractivity contribution is 7.12. The molecular weight excluding hydrogens is 308 g/mol. The van der Waals surface area contributed by atoms with Crippen LogP contribution >= 0.6 is 11.3 Å². The van der Waals surface area contributed by atoms with Crippen LogP contribution in [0.25, 0.3) is 11.3 Å². The molecule has 0 radical (unpaired) electrons. The predicted octanol–water partition coefficient (Wildman–Crippen LogP) is 4.29. The molecule has 23 heavy (non-hydrogen) atoms. The fourth-order valence-corrected chi connectivity index (χ4v) is 3.14. The Labute approximate surface area is 139 Å². The number of rotatable bonds is 4. The van der Waals surface area contributed by atoms with Crippen molar-refractivity contribution >= 4 is 17.2 Å². The number of amides is 1. The van der Waals surface area contributed by atoms with E-state index in [4.69, 9.17) is 4.52 Å². The molecule has 2 aromatic heterocycles. The second-order valence-corrected chi connectivity index (χ2v) is 6.59. The lowest BCUT2D eigenvalue weighted by Gasteiger charge is -2.13. The van der Waals surface area contributed by atoms with Gasteiger partial charge in [-0.15, -0.1) is 11.3 Å². The van der Waals surface area contributed by atoms with E-state index in [9.17, 15) is 4.79 Å². The van der Waals surface area contributed by atoms with Crippen molar-refractivity contribution in [2.24, 2.45) is 0 Å². The minimum atomic E-state index is -0.00344. The molecule has 118 valence electrons. The van der Waals surface area contributed by atoms with Crippen LogP contribution in [-0.4, -0.2) is 23.0 Å². The third kappa shape index (κ3) is 3.35. The minimum Gasteiger partial charge on any atom is -0.356 e. The molecule has 0 atom stereocenters. The first-order valence-corrected chi connectivity index (χ1v) is 8.25. The van der Waals surface area contributed by atoms with Crippen LogP contribution in [0, 0.1) is 13.8 Å². The van der Waals surface area contributed by atoms with Crippen LogP contribution < -0.4 is 0 Å². The van der Waals surface area contributed by atoms with Crippen LogP contribution in [0.1, 0.15) is 26.5 Å². The molecule has 1 aromatic carbocycles. The highest BCUT2D eigenvalue weighted by Gasteiger charge is 2.16. The first kappa shape index (κ1) is 15.5. The van der Waals surface area contributed by atoms with Crippen molar-refractivity contribution in [1.82, 2.24) is 10.1 Å². The maximum absolute atomic E-state index is 12.3. The molecule has 0 aliphatic rings. The normalized spacial score (nSPS) is 10.7. The number of benzene rings is 1. The van der Waals surface area contributed by atoms with E-state index in [1.54, 1.807) is 11.9 Å². The lowest BCUT2D eigenvalue weighted by atomic mass is 10.0. The smallest absolute Gasteiger partial charge is 0.264 e. The average Bonchev–Trinajstić information content (AvgIpc) is 3.20. The van der Waals surface area contributed by atoms with Gasteiger partial charge in [0, 0.05) is 18.7 Å². The maximum Gasteiger partial charge on any atom is 0.264 e. The molecule has 0 unspecified atom stereocenters. The lowest BCUT2D eigenvalue weighted by Crippen LogP contribution is -2.25. The Hall–Kier alpha value is -2.40. The molecule has 0 N–H and O–H groups in total. The summed E-state index contributed by atoms with van der Waals surface area (Å²) in [6, 6.07) is 11.8. The Balaban J connectivity index is 1.77. The average molecular weight is 326 g/mol. The number of aromatic nitrogens is 1. The fourth-order valence-electron chi connectivity index (χ4n) is 2.42. The predicted molar refractivity (Wildman–Crippen MR) is 91.5 cm³/mol. The molecule has 3 rings (SSSR count). The molecule has 0 aliphatic carbocycles. The number of aryl methyl sites for hydroxylation is 2. The van der Waals surface area contributed by atoms with Gasteiger partial charge in [-0.3, -0.25) is 4.79 Å². The Bertz CT molecular complexity index is 821. The zero-order chi connectivity index (χ0) is 16.4. The number of carbonyl (C=O) groups excluding carboxylic acids is 1. The van der Waals surface area contributed by atoms with E-state index in [0.717, 1.165) is 27.5 Å². The van der Waals surface area contributed by atoms with Crippen molar-refractivity contribution in [3.63, 3.8) is 0 Å². The summed E-state index contributed by atoms with van der Waals surface area (Å²) in [5, 5.41) is 6.00. The zero-order valence-corrected chi connectivity index (χ0v) is 14.2. The lowest BCUT2D eigenvalue weighted by molar-refractivity contribution is 0.0787. The molecule has 4 nitrogen and oxygen atoms in total. The van der Waals surface area contributed by atoms with E-state index in [-0.39, 0.29) is 5.91 Å². The molecule has 0 aliphatic heterocycles. The van der Waals surface area contributed by atoms with Crippen LogP contribution in [-0.2, 0) is 6.54 Å². The highest BCUT2D eigenvalue weighted by atomic mass is 32.1. The van der Waals surface area contributed by atoms with Crippen LogP contribution in [0.3, 0.4) is 0 Å². The van der Waals surface area contributed by atoms with Crippen LogP contribution in [0.4, 0.5) is 0 Å². The monoisotopic (exact) mass is 326 g/mol. The second kappa shape index (κ2) is 6.38. The fraction of sp³-hybridized carbons (Fsp3) is 0.222. The molecular formula is C18H18N2O2S. The summed E-state index contributed by atoms with van der Waals surface area (Å²) in [6.07, 6.45) is 0. The third-order valence-electron chi connectivity index (χ3n) is 3.70. The second-order valence-electron chi connectivity index (χ2n) is 5.64. The van der Waals surface area contributed by atoms with Crippen molar-refractivity contribution in [3.05, 3.63) is 63.5 Å². The molecule has 1 amide bonds. The summed E-state index contributed by atoms with van der Waals surface area (Å²) in [7, 11) is 1.77. The van der Waals surface area contributed by atoms with E-state index in [2.05, 4.69) is 23.4 Å². The van der Waals surface area contributed by atoms with E-state index in [1.165, 1.54) is 16.9 Å². The molecule has 2 heterocycles. The maximum atomic E-state index is 12.3. The quantitative estimate of drug-likeness (QED) is 0.718. The molecule has 0 saturated carbocycles. The van der Waals surface area contributed by atoms with Gasteiger partial charge in [0.15, 0.2) is 5.76 Å². The summed E-state index contributed by atoms with van der Waals surface area (Å²) in [5.74, 6) is 0.731. The van der Waals surface area contributed by atoms with E-state index in [0.29, 0.717) is 6.54 Å². The Morgan fingerprint density at radius 1 is 1.26 bits per heavy atom. The summed E-state index contributed by atoms with van der Waals surface area (Å²) in [4.78, 5) is 14.6. The molecule has 0 saturated heterocycles. The van der Waals surface area contributed by atoms with Crippen LogP contribution in [0.2, 0.25) is 0 Å². The van der Waals surface area contributed by atoms with Gasteiger partial charge >= 0.3 is 0 Å². The van der Waals surface area contributed by atoms with Crippen molar-refractivity contribution in [2.75, 3.05) is 7.05 Å². The van der Waals surface area contributed by atoms with Gasteiger partial charge in [0.05, 0.1) is 11.4 Å². The van der Waals surface area contributed by atoms with Gasteiger partial charge in [-0.05, 0) is 36.9 Å². The Morgan fingerprint density at radius 3 is 2.83 bits per heavy atom. The van der Waals surface area contributed by atoms with E-state index < -0.39 is 0 Å². The summed E-state index contributed by atoms with van der Waals surface area (Å²) < 4.78 is 5.47. The topological polar surface area (TPSA) is 46.3 Å². The van der Waals surface area contributed by atoms with Gasteiger partial charge < -0.3 is 9.42 Å². The summed E-state index contributed by atoms with van der Waals surface area (Å²) >= 11 is 1.44. The number of hydrogen-bond donors (Lipinski definition) is 0. The van der Waals surface area contributed by atoms with Crippen LogP contribution in [0.15, 0.2) is 46.3 Å². The molecule has 0 bridgehead atoms. The number of thiophene rings is 1. The van der Waals surface area contributed by atoms with Crippen LogP contribution in [0.5, 0.6) is 0 Å². The van der Waals surface area contributed by atoms with Crippen molar-refractivity contribution in [3.8, 4) is 11.3 Å². The van der Waals surface area contributed by atoms with Gasteiger partial charge in [-0.25, -0.2) is 0 Å². The first-order chi connectivity index (χ1) is 11.0. The first-order valence-electron chi connectivity index (χ1n) is 7.37. The molecule has 0 fully saturated rings. The zero-order valence-electron chi connectivity index (χ0n) is 13.4. The standard InChI is InChI=1S/C18H18N2O2S/c1-12-6-7-13(2)15(9-12)16-10-14(19-22-16)11-20(3)18(21)17-5-4-8-23-17/h4-10H,11H2,1-3H3. The van der Waals surface area contributed by atoms with Gasteiger partial charge in [-0.1, -0.05) is 28.9 Å². The van der Waals surface area contributed by atoms with Crippen molar-refractivity contribution in [2.45, 2.75) is 20.4 Å². The Morgan fingerprint density at radius 2 is 2.09 bits per heavy atom. The van der Waals surface area contributed by atoms with E-state index in [1.807, 2.05) is 37.4 Å². The summed E-state index contributed by atoms with van der Waals surface area (Å²) in [5.41, 5.74) is 4.10. The molecule has 0 spiro atoms. The SMILES string of the molecule is Cc1ccc(C)c(-c2cc(CN(C)C(=O)c3cccs3)no2)c1. The van der Waals surface area contributed by atoms with Crippen molar-refractivity contribution < 1.29 is 9.32 Å². The van der Waals surface area contributed by atoms with Gasteiger partial charge in [0.2, 0.25) is 0 Å². The largest absolute Gasteiger partial charge is 0.356 e. The molecule has 5 heteroatoms. The number of hydrogen-bond acceptors (Lipinski definition) is 4. The van der Waals surface area contributed by atoms with Gasteiger partial charge in [0.25, 0.3) is 5.91 Å². The van der Waals surface area contributed by atoms with E-state index >= 15 is 0 Å². The third-order valence-corrected chi connectivity index (χ3v) is 4.55. The molecule has 3 aromatic rings. The minimum absolute atomic E-state index is 0.00344. The highest BCUT2D eigenvalue weighted by Crippen LogP contribution is 2.25. The van der Waals surface area contributed by atoms with Gasteiger partial charge in [0.1, 0.15) is 5.69 Å².